The van der Waals surface area contributed by atoms with Crippen LogP contribution in [0.2, 0.25) is 0 Å². The van der Waals surface area contributed by atoms with E-state index in [0.717, 1.165) is 31.0 Å². The number of anilines is 2. The Hall–Kier alpha value is -1.49. The second kappa shape index (κ2) is 7.60. The van der Waals surface area contributed by atoms with Crippen molar-refractivity contribution in [3.05, 3.63) is 23.8 Å². The van der Waals surface area contributed by atoms with Crippen LogP contribution in [0.3, 0.4) is 0 Å². The van der Waals surface area contributed by atoms with Crippen LogP contribution in [-0.2, 0) is 9.84 Å². The second-order valence-electron chi connectivity index (χ2n) is 6.20. The van der Waals surface area contributed by atoms with Crippen molar-refractivity contribution >= 4 is 33.6 Å². The average Bonchev–Trinajstić information content (AvgIpc) is 2.55. The van der Waals surface area contributed by atoms with Gasteiger partial charge in [-0.15, -0.1) is 12.4 Å². The van der Waals surface area contributed by atoms with Gasteiger partial charge in [-0.2, -0.15) is 5.26 Å². The number of rotatable bonds is 2. The minimum atomic E-state index is -2.92. The number of nitrogens with zero attached hydrogens (tertiary/aromatic N) is 3. The van der Waals surface area contributed by atoms with E-state index in [1.165, 1.54) is 0 Å². The molecule has 1 N–H and O–H groups in total. The molecule has 2 heterocycles. The molecule has 3 rings (SSSR count). The molecule has 2 aliphatic rings. The lowest BCUT2D eigenvalue weighted by molar-refractivity contribution is 0.501. The number of nitriles is 1. The van der Waals surface area contributed by atoms with Gasteiger partial charge in [0.2, 0.25) is 0 Å². The van der Waals surface area contributed by atoms with Gasteiger partial charge in [-0.1, -0.05) is 0 Å². The van der Waals surface area contributed by atoms with Crippen molar-refractivity contribution in [2.75, 3.05) is 54.0 Å². The molecule has 2 fully saturated rings. The van der Waals surface area contributed by atoms with Gasteiger partial charge in [0, 0.05) is 44.5 Å². The maximum absolute atomic E-state index is 11.6. The summed E-state index contributed by atoms with van der Waals surface area (Å²) in [6.45, 7) is 5.89. The van der Waals surface area contributed by atoms with Crippen LogP contribution >= 0.6 is 12.4 Å². The fourth-order valence-electron chi connectivity index (χ4n) is 3.25. The summed E-state index contributed by atoms with van der Waals surface area (Å²) in [4.78, 5) is 4.31. The highest BCUT2D eigenvalue weighted by molar-refractivity contribution is 7.91. The van der Waals surface area contributed by atoms with Crippen LogP contribution in [0.1, 0.15) is 12.5 Å². The average molecular weight is 371 g/mol. The Morgan fingerprint density at radius 3 is 2.58 bits per heavy atom. The zero-order valence-electron chi connectivity index (χ0n) is 13.7. The quantitative estimate of drug-likeness (QED) is 0.837. The molecule has 132 valence electrons. The number of hydrogen-bond acceptors (Lipinski definition) is 6. The standard InChI is InChI=1S/C16H22N4O2S.ClH/c1-13-12-18-4-5-20(13)15-2-3-16(14(10-15)11-17)19-6-8-23(21,22)9-7-19;/h2-3,10,13,18H,4-9,12H2,1H3;1H/t13-;/m1./s1. The molecule has 2 saturated heterocycles. The lowest BCUT2D eigenvalue weighted by Gasteiger charge is -2.36. The molecule has 0 aliphatic carbocycles. The van der Waals surface area contributed by atoms with E-state index in [-0.39, 0.29) is 23.9 Å². The fraction of sp³-hybridized carbons (Fsp3) is 0.562. The van der Waals surface area contributed by atoms with E-state index in [9.17, 15) is 13.7 Å². The first-order chi connectivity index (χ1) is 11.0. The Labute approximate surface area is 149 Å². The Balaban J connectivity index is 0.00000208. The van der Waals surface area contributed by atoms with Crippen molar-refractivity contribution in [2.24, 2.45) is 0 Å². The monoisotopic (exact) mass is 370 g/mol. The van der Waals surface area contributed by atoms with Gasteiger partial charge >= 0.3 is 0 Å². The highest BCUT2D eigenvalue weighted by Crippen LogP contribution is 2.28. The first kappa shape index (κ1) is 18.8. The fourth-order valence-corrected chi connectivity index (χ4v) is 4.45. The first-order valence-corrected chi connectivity index (χ1v) is 9.79. The molecule has 1 atom stereocenters. The predicted octanol–water partition coefficient (Wildman–Crippen LogP) is 1.01. The predicted molar refractivity (Wildman–Crippen MR) is 98.9 cm³/mol. The van der Waals surface area contributed by atoms with Gasteiger partial charge in [0.25, 0.3) is 0 Å². The minimum absolute atomic E-state index is 0. The molecule has 1 aromatic carbocycles. The Morgan fingerprint density at radius 1 is 1.25 bits per heavy atom. The van der Waals surface area contributed by atoms with Crippen LogP contribution in [0.5, 0.6) is 0 Å². The van der Waals surface area contributed by atoms with Crippen LogP contribution < -0.4 is 15.1 Å². The van der Waals surface area contributed by atoms with E-state index >= 15 is 0 Å². The van der Waals surface area contributed by atoms with Crippen molar-refractivity contribution in [1.82, 2.24) is 5.32 Å². The zero-order valence-corrected chi connectivity index (χ0v) is 15.4. The maximum atomic E-state index is 11.6. The zero-order chi connectivity index (χ0) is 16.4. The molecule has 1 aromatic rings. The molecule has 0 radical (unpaired) electrons. The molecule has 0 aromatic heterocycles. The van der Waals surface area contributed by atoms with Gasteiger partial charge in [0.15, 0.2) is 9.84 Å². The summed E-state index contributed by atoms with van der Waals surface area (Å²) >= 11 is 0. The van der Waals surface area contributed by atoms with Gasteiger partial charge in [-0.25, -0.2) is 8.42 Å². The maximum Gasteiger partial charge on any atom is 0.153 e. The number of hydrogen-bond donors (Lipinski definition) is 1. The van der Waals surface area contributed by atoms with Crippen molar-refractivity contribution in [1.29, 1.82) is 5.26 Å². The summed E-state index contributed by atoms with van der Waals surface area (Å²) in [7, 11) is -2.92. The van der Waals surface area contributed by atoms with Crippen LogP contribution in [-0.4, -0.2) is 58.7 Å². The third-order valence-corrected chi connectivity index (χ3v) is 6.23. The van der Waals surface area contributed by atoms with Gasteiger partial charge in [0.1, 0.15) is 6.07 Å². The van der Waals surface area contributed by atoms with E-state index < -0.39 is 9.84 Å². The topological polar surface area (TPSA) is 76.4 Å². The molecule has 0 bridgehead atoms. The van der Waals surface area contributed by atoms with Crippen molar-refractivity contribution in [2.45, 2.75) is 13.0 Å². The number of nitrogens with one attached hydrogen (secondary N) is 1. The van der Waals surface area contributed by atoms with Crippen LogP contribution in [0, 0.1) is 11.3 Å². The van der Waals surface area contributed by atoms with Gasteiger partial charge in [0.05, 0.1) is 22.8 Å². The number of sulfone groups is 1. The third-order valence-electron chi connectivity index (χ3n) is 4.62. The highest BCUT2D eigenvalue weighted by Gasteiger charge is 2.24. The third kappa shape index (κ3) is 3.94. The molecular formula is C16H23ClN4O2S. The van der Waals surface area contributed by atoms with Crippen LogP contribution in [0.4, 0.5) is 11.4 Å². The molecule has 0 saturated carbocycles. The SMILES string of the molecule is C[C@@H]1CNCCN1c1ccc(N2CCS(=O)(=O)CC2)c(C#N)c1.Cl. The van der Waals surface area contributed by atoms with E-state index in [4.69, 9.17) is 0 Å². The molecule has 0 spiro atoms. The Bertz CT molecular complexity index is 718. The van der Waals surface area contributed by atoms with E-state index in [1.807, 2.05) is 23.1 Å². The van der Waals surface area contributed by atoms with Gasteiger partial charge < -0.3 is 15.1 Å². The summed E-state index contributed by atoms with van der Waals surface area (Å²) in [6, 6.07) is 8.60. The van der Waals surface area contributed by atoms with Crippen molar-refractivity contribution in [3.8, 4) is 6.07 Å². The van der Waals surface area contributed by atoms with Gasteiger partial charge in [-0.05, 0) is 25.1 Å². The number of halogens is 1. The van der Waals surface area contributed by atoms with Crippen LogP contribution in [0.15, 0.2) is 18.2 Å². The molecule has 24 heavy (non-hydrogen) atoms. The second-order valence-corrected chi connectivity index (χ2v) is 8.50. The smallest absolute Gasteiger partial charge is 0.153 e. The molecule has 2 aliphatic heterocycles. The van der Waals surface area contributed by atoms with Crippen molar-refractivity contribution in [3.63, 3.8) is 0 Å². The Morgan fingerprint density at radius 2 is 1.96 bits per heavy atom. The first-order valence-electron chi connectivity index (χ1n) is 7.97. The van der Waals surface area contributed by atoms with E-state index in [2.05, 4.69) is 23.2 Å². The van der Waals surface area contributed by atoms with E-state index in [1.54, 1.807) is 0 Å². The molecule has 8 heteroatoms. The minimum Gasteiger partial charge on any atom is -0.368 e. The molecule has 6 nitrogen and oxygen atoms in total. The highest BCUT2D eigenvalue weighted by atomic mass is 35.5. The van der Waals surface area contributed by atoms with Gasteiger partial charge in [-0.3, -0.25) is 0 Å². The lowest BCUT2D eigenvalue weighted by atomic mass is 10.1. The molecule has 0 unspecified atom stereocenters. The Kier molecular flexibility index (Phi) is 5.97. The molecule has 0 amide bonds. The molecular weight excluding hydrogens is 348 g/mol. The summed E-state index contributed by atoms with van der Waals surface area (Å²) in [5.41, 5.74) is 2.52. The summed E-state index contributed by atoms with van der Waals surface area (Å²) < 4.78 is 23.1. The largest absolute Gasteiger partial charge is 0.368 e. The van der Waals surface area contributed by atoms with E-state index in [0.29, 0.717) is 24.7 Å². The number of benzene rings is 1. The lowest BCUT2D eigenvalue weighted by Crippen LogP contribution is -2.50. The summed E-state index contributed by atoms with van der Waals surface area (Å²) in [6.07, 6.45) is 0. The van der Waals surface area contributed by atoms with Crippen LogP contribution in [0.25, 0.3) is 0 Å². The summed E-state index contributed by atoms with van der Waals surface area (Å²) in [5.74, 6) is 0.322. The number of piperazine rings is 1. The summed E-state index contributed by atoms with van der Waals surface area (Å²) in [5, 5.41) is 12.9. The normalized spacial score (nSPS) is 23.2. The van der Waals surface area contributed by atoms with Crippen molar-refractivity contribution < 1.29 is 8.42 Å².